The summed E-state index contributed by atoms with van der Waals surface area (Å²) in [5.74, 6) is -1.08. The Labute approximate surface area is 155 Å². The molecule has 27 heavy (non-hydrogen) atoms. The number of hydrogen-bond acceptors (Lipinski definition) is 6. The Kier molecular flexibility index (Phi) is 5.16. The van der Waals surface area contributed by atoms with Gasteiger partial charge >= 0.3 is 5.97 Å². The molecule has 1 heterocycles. The summed E-state index contributed by atoms with van der Waals surface area (Å²) < 4.78 is 6.32. The van der Waals surface area contributed by atoms with Crippen molar-refractivity contribution in [2.45, 2.75) is 6.54 Å². The van der Waals surface area contributed by atoms with E-state index >= 15 is 0 Å². The lowest BCUT2D eigenvalue weighted by molar-refractivity contribution is 0.0679. The number of aromatic carboxylic acids is 1. The van der Waals surface area contributed by atoms with Crippen molar-refractivity contribution >= 4 is 17.4 Å². The number of nitrogens with one attached hydrogen (secondary N) is 1. The second kappa shape index (κ2) is 7.69. The van der Waals surface area contributed by atoms with E-state index in [0.717, 1.165) is 5.56 Å². The summed E-state index contributed by atoms with van der Waals surface area (Å²) >= 11 is 0. The molecule has 3 aromatic rings. The van der Waals surface area contributed by atoms with E-state index in [-0.39, 0.29) is 17.9 Å². The lowest BCUT2D eigenvalue weighted by Crippen LogP contribution is -2.16. The maximum atomic E-state index is 12.9. The molecule has 8 nitrogen and oxygen atoms in total. The van der Waals surface area contributed by atoms with E-state index in [1.54, 1.807) is 62.7 Å². The summed E-state index contributed by atoms with van der Waals surface area (Å²) in [5.41, 5.74) is 1.28. The summed E-state index contributed by atoms with van der Waals surface area (Å²) in [5, 5.41) is 20.3. The van der Waals surface area contributed by atoms with E-state index in [0.29, 0.717) is 17.0 Å². The number of para-hydroxylation sites is 1. The molecular weight excluding hydrogens is 348 g/mol. The molecule has 2 aromatic carbocycles. The van der Waals surface area contributed by atoms with Crippen LogP contribution in [-0.4, -0.2) is 46.0 Å². The van der Waals surface area contributed by atoms with Gasteiger partial charge in [-0.2, -0.15) is 0 Å². The Bertz CT molecular complexity index is 980. The van der Waals surface area contributed by atoms with Crippen LogP contribution in [0.5, 0.6) is 5.75 Å². The Morgan fingerprint density at radius 1 is 1.15 bits per heavy atom. The SMILES string of the molecule is CNc1ccccc1C(=O)c1nnn(Cc2ccc(OC)cc2)c1C(=O)O. The highest BCUT2D eigenvalue weighted by atomic mass is 16.5. The number of methoxy groups -OCH3 is 1. The fraction of sp³-hybridized carbons (Fsp3) is 0.158. The normalized spacial score (nSPS) is 10.4. The molecule has 0 spiro atoms. The Morgan fingerprint density at radius 2 is 1.85 bits per heavy atom. The molecule has 0 radical (unpaired) electrons. The van der Waals surface area contributed by atoms with E-state index in [1.807, 2.05) is 0 Å². The van der Waals surface area contributed by atoms with Gasteiger partial charge in [-0.05, 0) is 29.8 Å². The van der Waals surface area contributed by atoms with Gasteiger partial charge in [0, 0.05) is 18.3 Å². The first-order valence-electron chi connectivity index (χ1n) is 8.16. The molecule has 0 saturated carbocycles. The number of rotatable bonds is 7. The predicted octanol–water partition coefficient (Wildman–Crippen LogP) is 2.31. The Balaban J connectivity index is 1.97. The minimum atomic E-state index is -1.26. The molecule has 1 aromatic heterocycles. The van der Waals surface area contributed by atoms with Gasteiger partial charge in [0.15, 0.2) is 11.4 Å². The molecule has 0 fully saturated rings. The topological polar surface area (TPSA) is 106 Å². The van der Waals surface area contributed by atoms with Gasteiger partial charge in [-0.25, -0.2) is 9.48 Å². The van der Waals surface area contributed by atoms with Crippen molar-refractivity contribution in [1.82, 2.24) is 15.0 Å². The van der Waals surface area contributed by atoms with Crippen LogP contribution in [0, 0.1) is 0 Å². The van der Waals surface area contributed by atoms with Crippen molar-refractivity contribution in [3.05, 3.63) is 71.0 Å². The standard InChI is InChI=1S/C19H18N4O4/c1-20-15-6-4-3-5-14(15)18(24)16-17(19(25)26)23(22-21-16)11-12-7-9-13(27-2)10-8-12/h3-10,20H,11H2,1-2H3,(H,25,26). The van der Waals surface area contributed by atoms with Crippen LogP contribution in [0.15, 0.2) is 48.5 Å². The first-order valence-corrected chi connectivity index (χ1v) is 8.16. The van der Waals surface area contributed by atoms with Crippen LogP contribution in [-0.2, 0) is 6.54 Å². The third kappa shape index (κ3) is 3.64. The highest BCUT2D eigenvalue weighted by Gasteiger charge is 2.27. The molecule has 0 aliphatic heterocycles. The molecule has 0 amide bonds. The van der Waals surface area contributed by atoms with Crippen molar-refractivity contribution in [1.29, 1.82) is 0 Å². The molecule has 8 heteroatoms. The zero-order valence-electron chi connectivity index (χ0n) is 14.8. The summed E-state index contributed by atoms with van der Waals surface area (Å²) in [6.45, 7) is 0.166. The average Bonchev–Trinajstić information content (AvgIpc) is 3.11. The van der Waals surface area contributed by atoms with Gasteiger partial charge in [0.2, 0.25) is 5.78 Å². The highest BCUT2D eigenvalue weighted by Crippen LogP contribution is 2.20. The minimum absolute atomic E-state index is 0.166. The van der Waals surface area contributed by atoms with Gasteiger partial charge in [-0.3, -0.25) is 4.79 Å². The summed E-state index contributed by atoms with van der Waals surface area (Å²) in [6.07, 6.45) is 0. The zero-order chi connectivity index (χ0) is 19.4. The number of carboxylic acids is 1. The second-order valence-electron chi connectivity index (χ2n) is 5.72. The van der Waals surface area contributed by atoms with Crippen LogP contribution in [0.2, 0.25) is 0 Å². The number of carbonyl (C=O) groups is 2. The first kappa shape index (κ1) is 18.1. The van der Waals surface area contributed by atoms with Crippen molar-refractivity contribution in [2.24, 2.45) is 0 Å². The minimum Gasteiger partial charge on any atom is -0.497 e. The fourth-order valence-electron chi connectivity index (χ4n) is 2.72. The van der Waals surface area contributed by atoms with Crippen LogP contribution in [0.4, 0.5) is 5.69 Å². The fourth-order valence-corrected chi connectivity index (χ4v) is 2.72. The summed E-state index contributed by atoms with van der Waals surface area (Å²) in [4.78, 5) is 24.7. The van der Waals surface area contributed by atoms with Crippen molar-refractivity contribution < 1.29 is 19.4 Å². The van der Waals surface area contributed by atoms with E-state index in [2.05, 4.69) is 15.6 Å². The van der Waals surface area contributed by atoms with E-state index < -0.39 is 11.8 Å². The quantitative estimate of drug-likeness (QED) is 0.618. The monoisotopic (exact) mass is 366 g/mol. The number of ether oxygens (including phenoxy) is 1. The van der Waals surface area contributed by atoms with Crippen LogP contribution >= 0.6 is 0 Å². The lowest BCUT2D eigenvalue weighted by atomic mass is 10.0. The molecule has 0 unspecified atom stereocenters. The van der Waals surface area contributed by atoms with Crippen molar-refractivity contribution in [3.8, 4) is 5.75 Å². The van der Waals surface area contributed by atoms with Crippen LogP contribution in [0.1, 0.15) is 32.1 Å². The summed E-state index contributed by atoms with van der Waals surface area (Å²) in [6, 6.07) is 14.0. The molecule has 138 valence electrons. The van der Waals surface area contributed by atoms with Crippen LogP contribution < -0.4 is 10.1 Å². The first-order chi connectivity index (χ1) is 13.0. The number of benzene rings is 2. The number of carboxylic acid groups (broad SMARTS) is 1. The maximum Gasteiger partial charge on any atom is 0.356 e. The molecular formula is C19H18N4O4. The van der Waals surface area contributed by atoms with Gasteiger partial charge in [0.1, 0.15) is 5.75 Å². The summed E-state index contributed by atoms with van der Waals surface area (Å²) in [7, 11) is 3.25. The van der Waals surface area contributed by atoms with Gasteiger partial charge in [0.25, 0.3) is 0 Å². The highest BCUT2D eigenvalue weighted by molar-refractivity contribution is 6.14. The van der Waals surface area contributed by atoms with Gasteiger partial charge in [-0.15, -0.1) is 5.10 Å². The second-order valence-corrected chi connectivity index (χ2v) is 5.72. The van der Waals surface area contributed by atoms with E-state index in [4.69, 9.17) is 4.74 Å². The van der Waals surface area contributed by atoms with E-state index in [9.17, 15) is 14.7 Å². The number of hydrogen-bond donors (Lipinski definition) is 2. The predicted molar refractivity (Wildman–Crippen MR) is 98.5 cm³/mol. The molecule has 3 rings (SSSR count). The molecule has 0 bridgehead atoms. The lowest BCUT2D eigenvalue weighted by Gasteiger charge is -2.08. The largest absolute Gasteiger partial charge is 0.497 e. The zero-order valence-corrected chi connectivity index (χ0v) is 14.8. The molecule has 0 atom stereocenters. The Hall–Kier alpha value is -3.68. The molecule has 0 saturated heterocycles. The van der Waals surface area contributed by atoms with Gasteiger partial charge < -0.3 is 15.2 Å². The average molecular weight is 366 g/mol. The number of nitrogens with zero attached hydrogens (tertiary/aromatic N) is 3. The third-order valence-corrected chi connectivity index (χ3v) is 4.09. The van der Waals surface area contributed by atoms with Crippen molar-refractivity contribution in [2.75, 3.05) is 19.5 Å². The van der Waals surface area contributed by atoms with Crippen molar-refractivity contribution in [3.63, 3.8) is 0 Å². The third-order valence-electron chi connectivity index (χ3n) is 4.09. The smallest absolute Gasteiger partial charge is 0.356 e. The maximum absolute atomic E-state index is 12.9. The van der Waals surface area contributed by atoms with Gasteiger partial charge in [-0.1, -0.05) is 29.5 Å². The van der Waals surface area contributed by atoms with E-state index in [1.165, 1.54) is 4.68 Å². The van der Waals surface area contributed by atoms with Gasteiger partial charge in [0.05, 0.1) is 13.7 Å². The molecule has 0 aliphatic carbocycles. The number of carbonyl (C=O) groups excluding carboxylic acids is 1. The van der Waals surface area contributed by atoms with Crippen LogP contribution in [0.3, 0.4) is 0 Å². The van der Waals surface area contributed by atoms with Crippen LogP contribution in [0.25, 0.3) is 0 Å². The number of anilines is 1. The number of aromatic nitrogens is 3. The molecule has 2 N–H and O–H groups in total. The molecule has 0 aliphatic rings. The number of ketones is 1. The Morgan fingerprint density at radius 3 is 2.48 bits per heavy atom.